The Labute approximate surface area is 150 Å². The van der Waals surface area contributed by atoms with Crippen LogP contribution in [0.2, 0.25) is 0 Å². The molecule has 1 aliphatic rings. The summed E-state index contributed by atoms with van der Waals surface area (Å²) in [6, 6.07) is 9.70. The van der Waals surface area contributed by atoms with E-state index in [9.17, 15) is 9.59 Å². The molecule has 1 fully saturated rings. The Bertz CT molecular complexity index is 551. The summed E-state index contributed by atoms with van der Waals surface area (Å²) in [6.45, 7) is 7.92. The summed E-state index contributed by atoms with van der Waals surface area (Å²) in [5, 5.41) is 3.08. The van der Waals surface area contributed by atoms with Crippen LogP contribution in [-0.2, 0) is 9.59 Å². The molecule has 1 aromatic rings. The zero-order chi connectivity index (χ0) is 18.2. The maximum Gasteiger partial charge on any atom is 0.225 e. The van der Waals surface area contributed by atoms with E-state index in [-0.39, 0.29) is 23.8 Å². The van der Waals surface area contributed by atoms with Crippen LogP contribution in [-0.4, -0.2) is 42.5 Å². The van der Waals surface area contributed by atoms with Crippen LogP contribution in [0.3, 0.4) is 0 Å². The molecule has 0 aliphatic carbocycles. The molecule has 1 atom stereocenters. The van der Waals surface area contributed by atoms with Gasteiger partial charge in [0, 0.05) is 25.0 Å². The van der Waals surface area contributed by atoms with Crippen LogP contribution in [0.15, 0.2) is 30.3 Å². The molecule has 1 saturated heterocycles. The van der Waals surface area contributed by atoms with Gasteiger partial charge in [0.05, 0.1) is 13.0 Å². The number of hydrogen-bond acceptors (Lipinski definition) is 3. The van der Waals surface area contributed by atoms with Crippen molar-refractivity contribution in [2.75, 3.05) is 19.7 Å². The SMILES string of the molecule is CC(C)C(C)NC(=O)C1CCN(C(=O)CCOc2ccccc2)CC1. The summed E-state index contributed by atoms with van der Waals surface area (Å²) >= 11 is 0. The van der Waals surface area contributed by atoms with E-state index in [1.807, 2.05) is 42.2 Å². The fourth-order valence-corrected chi connectivity index (χ4v) is 2.83. The average Bonchev–Trinajstić information content (AvgIpc) is 2.62. The lowest BCUT2D eigenvalue weighted by atomic mass is 9.94. The number of likely N-dealkylation sites (tertiary alicyclic amines) is 1. The molecule has 1 unspecified atom stereocenters. The minimum Gasteiger partial charge on any atom is -0.493 e. The molecule has 1 aromatic carbocycles. The number of ether oxygens (including phenoxy) is 1. The van der Waals surface area contributed by atoms with E-state index < -0.39 is 0 Å². The maximum absolute atomic E-state index is 12.3. The first-order valence-corrected chi connectivity index (χ1v) is 9.23. The Kier molecular flexibility index (Phi) is 7.29. The predicted molar refractivity (Wildman–Crippen MR) is 98.3 cm³/mol. The number of rotatable bonds is 7. The molecule has 1 N–H and O–H groups in total. The zero-order valence-corrected chi connectivity index (χ0v) is 15.5. The third-order valence-electron chi connectivity index (χ3n) is 4.92. The van der Waals surface area contributed by atoms with Gasteiger partial charge in [-0.15, -0.1) is 0 Å². The summed E-state index contributed by atoms with van der Waals surface area (Å²) in [6.07, 6.45) is 1.85. The monoisotopic (exact) mass is 346 g/mol. The summed E-state index contributed by atoms with van der Waals surface area (Å²) in [5.41, 5.74) is 0. The number of carbonyl (C=O) groups is 2. The van der Waals surface area contributed by atoms with Gasteiger partial charge in [0.25, 0.3) is 0 Å². The van der Waals surface area contributed by atoms with E-state index >= 15 is 0 Å². The molecule has 0 spiro atoms. The molecular formula is C20H30N2O3. The summed E-state index contributed by atoms with van der Waals surface area (Å²) < 4.78 is 5.58. The molecule has 0 bridgehead atoms. The van der Waals surface area contributed by atoms with Crippen LogP contribution in [0.1, 0.15) is 40.0 Å². The zero-order valence-electron chi connectivity index (χ0n) is 15.5. The van der Waals surface area contributed by atoms with Gasteiger partial charge in [0.2, 0.25) is 11.8 Å². The molecule has 2 amide bonds. The van der Waals surface area contributed by atoms with E-state index in [1.54, 1.807) is 0 Å². The second kappa shape index (κ2) is 9.44. The second-order valence-corrected chi connectivity index (χ2v) is 7.11. The van der Waals surface area contributed by atoms with E-state index in [4.69, 9.17) is 4.74 Å². The van der Waals surface area contributed by atoms with Crippen LogP contribution in [0.5, 0.6) is 5.75 Å². The largest absolute Gasteiger partial charge is 0.493 e. The number of para-hydroxylation sites is 1. The van der Waals surface area contributed by atoms with E-state index in [0.717, 1.165) is 18.6 Å². The third-order valence-corrected chi connectivity index (χ3v) is 4.92. The fraction of sp³-hybridized carbons (Fsp3) is 0.600. The van der Waals surface area contributed by atoms with Crippen LogP contribution < -0.4 is 10.1 Å². The second-order valence-electron chi connectivity index (χ2n) is 7.11. The van der Waals surface area contributed by atoms with E-state index in [0.29, 0.717) is 32.0 Å². The predicted octanol–water partition coefficient (Wildman–Crippen LogP) is 2.85. The van der Waals surface area contributed by atoms with Crippen LogP contribution in [0, 0.1) is 11.8 Å². The standard InChI is InChI=1S/C20H30N2O3/c1-15(2)16(3)21-20(24)17-9-12-22(13-10-17)19(23)11-14-25-18-7-5-4-6-8-18/h4-8,15-17H,9-14H2,1-3H3,(H,21,24). The number of carbonyl (C=O) groups excluding carboxylic acids is 2. The van der Waals surface area contributed by atoms with Gasteiger partial charge in [-0.1, -0.05) is 32.0 Å². The summed E-state index contributed by atoms with van der Waals surface area (Å²) in [5.74, 6) is 1.46. The summed E-state index contributed by atoms with van der Waals surface area (Å²) in [7, 11) is 0. The van der Waals surface area contributed by atoms with Gasteiger partial charge in [-0.3, -0.25) is 9.59 Å². The van der Waals surface area contributed by atoms with Gasteiger partial charge < -0.3 is 15.0 Å². The smallest absolute Gasteiger partial charge is 0.225 e. The van der Waals surface area contributed by atoms with Gasteiger partial charge in [0.1, 0.15) is 5.75 Å². The lowest BCUT2D eigenvalue weighted by Gasteiger charge is -2.32. The molecule has 0 radical (unpaired) electrons. The minimum absolute atomic E-state index is 0.0193. The Morgan fingerprint density at radius 2 is 1.80 bits per heavy atom. The highest BCUT2D eigenvalue weighted by atomic mass is 16.5. The number of benzene rings is 1. The first-order valence-electron chi connectivity index (χ1n) is 9.23. The number of amides is 2. The number of nitrogens with zero attached hydrogens (tertiary/aromatic N) is 1. The average molecular weight is 346 g/mol. The van der Waals surface area contributed by atoms with Crippen molar-refractivity contribution in [2.24, 2.45) is 11.8 Å². The van der Waals surface area contributed by atoms with Crippen molar-refractivity contribution in [3.63, 3.8) is 0 Å². The molecule has 0 saturated carbocycles. The quantitative estimate of drug-likeness (QED) is 0.826. The molecule has 0 aromatic heterocycles. The van der Waals surface area contributed by atoms with Crippen molar-refractivity contribution in [1.82, 2.24) is 10.2 Å². The van der Waals surface area contributed by atoms with Crippen LogP contribution in [0.25, 0.3) is 0 Å². The fourth-order valence-electron chi connectivity index (χ4n) is 2.83. The Morgan fingerprint density at radius 3 is 2.40 bits per heavy atom. The lowest BCUT2D eigenvalue weighted by molar-refractivity contribution is -0.136. The summed E-state index contributed by atoms with van der Waals surface area (Å²) in [4.78, 5) is 26.4. The van der Waals surface area contributed by atoms with Crippen molar-refractivity contribution in [2.45, 2.75) is 46.1 Å². The maximum atomic E-state index is 12.3. The van der Waals surface area contributed by atoms with Gasteiger partial charge in [-0.05, 0) is 37.8 Å². The Morgan fingerprint density at radius 1 is 1.16 bits per heavy atom. The highest BCUT2D eigenvalue weighted by molar-refractivity contribution is 5.80. The molecule has 1 heterocycles. The van der Waals surface area contributed by atoms with Gasteiger partial charge in [0.15, 0.2) is 0 Å². The molecular weight excluding hydrogens is 316 g/mol. The first-order chi connectivity index (χ1) is 12.0. The van der Waals surface area contributed by atoms with Gasteiger partial charge in [-0.2, -0.15) is 0 Å². The lowest BCUT2D eigenvalue weighted by Crippen LogP contribution is -2.46. The van der Waals surface area contributed by atoms with Gasteiger partial charge in [-0.25, -0.2) is 0 Å². The number of hydrogen-bond donors (Lipinski definition) is 1. The highest BCUT2D eigenvalue weighted by Crippen LogP contribution is 2.19. The number of piperidine rings is 1. The molecule has 25 heavy (non-hydrogen) atoms. The molecule has 138 valence electrons. The first kappa shape index (κ1) is 19.3. The normalized spacial score (nSPS) is 16.6. The van der Waals surface area contributed by atoms with Crippen LogP contribution in [0.4, 0.5) is 0 Å². The molecule has 1 aliphatic heterocycles. The van der Waals surface area contributed by atoms with Crippen molar-refractivity contribution in [1.29, 1.82) is 0 Å². The Balaban J connectivity index is 1.68. The van der Waals surface area contributed by atoms with Crippen molar-refractivity contribution >= 4 is 11.8 Å². The molecule has 5 heteroatoms. The third kappa shape index (κ3) is 6.07. The molecule has 2 rings (SSSR count). The highest BCUT2D eigenvalue weighted by Gasteiger charge is 2.28. The van der Waals surface area contributed by atoms with Crippen molar-refractivity contribution < 1.29 is 14.3 Å². The van der Waals surface area contributed by atoms with Crippen molar-refractivity contribution in [3.05, 3.63) is 30.3 Å². The van der Waals surface area contributed by atoms with E-state index in [1.165, 1.54) is 0 Å². The van der Waals surface area contributed by atoms with Gasteiger partial charge >= 0.3 is 0 Å². The minimum atomic E-state index is 0.0193. The van der Waals surface area contributed by atoms with Crippen molar-refractivity contribution in [3.8, 4) is 5.75 Å². The topological polar surface area (TPSA) is 58.6 Å². The van der Waals surface area contributed by atoms with Crippen LogP contribution >= 0.6 is 0 Å². The van der Waals surface area contributed by atoms with E-state index in [2.05, 4.69) is 19.2 Å². The Hall–Kier alpha value is -2.04. The molecule has 5 nitrogen and oxygen atoms in total. The number of nitrogens with one attached hydrogen (secondary N) is 1.